The van der Waals surface area contributed by atoms with Crippen LogP contribution in [0, 0.1) is 10.1 Å². The number of nitro groups is 1. The van der Waals surface area contributed by atoms with E-state index < -0.39 is 11.0 Å². The Kier molecular flexibility index (Phi) is 2.43. The Labute approximate surface area is 73.5 Å². The summed E-state index contributed by atoms with van der Waals surface area (Å²) in [5.41, 5.74) is 5.11. The van der Waals surface area contributed by atoms with Crippen LogP contribution in [0.5, 0.6) is 0 Å². The van der Waals surface area contributed by atoms with Crippen molar-refractivity contribution in [1.29, 1.82) is 0 Å². The van der Waals surface area contributed by atoms with Crippen molar-refractivity contribution in [3.8, 4) is 0 Å². The van der Waals surface area contributed by atoms with Gasteiger partial charge in [-0.05, 0) is 6.92 Å². The Morgan fingerprint density at radius 2 is 2.31 bits per heavy atom. The lowest BCUT2D eigenvalue weighted by molar-refractivity contribution is -0.385. The smallest absolute Gasteiger partial charge is 0.285 e. The molecule has 1 unspecified atom stereocenters. The molecule has 0 aliphatic carbocycles. The lowest BCUT2D eigenvalue weighted by Gasteiger charge is -2.02. The van der Waals surface area contributed by atoms with Crippen LogP contribution in [0.2, 0.25) is 0 Å². The van der Waals surface area contributed by atoms with Crippen LogP contribution in [0.4, 0.5) is 5.69 Å². The zero-order valence-corrected chi connectivity index (χ0v) is 6.98. The van der Waals surface area contributed by atoms with E-state index in [-0.39, 0.29) is 16.8 Å². The van der Waals surface area contributed by atoms with Crippen LogP contribution < -0.4 is 11.3 Å². The van der Waals surface area contributed by atoms with Crippen LogP contribution in [0.3, 0.4) is 0 Å². The first-order valence-corrected chi connectivity index (χ1v) is 3.65. The van der Waals surface area contributed by atoms with Crippen LogP contribution in [0.15, 0.2) is 17.1 Å². The second-order valence-electron chi connectivity index (χ2n) is 2.69. The third-order valence-electron chi connectivity index (χ3n) is 1.62. The van der Waals surface area contributed by atoms with E-state index in [0.717, 1.165) is 6.20 Å². The van der Waals surface area contributed by atoms with Gasteiger partial charge in [-0.3, -0.25) is 14.9 Å². The summed E-state index contributed by atoms with van der Waals surface area (Å²) in [7, 11) is 0. The molecule has 1 rings (SSSR count). The monoisotopic (exact) mass is 183 g/mol. The third kappa shape index (κ3) is 1.91. The molecule has 0 aromatic carbocycles. The number of nitrogens with one attached hydrogen (secondary N) is 1. The largest absolute Gasteiger partial charge is 0.324 e. The maximum Gasteiger partial charge on any atom is 0.285 e. The van der Waals surface area contributed by atoms with Crippen molar-refractivity contribution >= 4 is 5.69 Å². The van der Waals surface area contributed by atoms with E-state index in [1.165, 1.54) is 6.07 Å². The van der Waals surface area contributed by atoms with Gasteiger partial charge < -0.3 is 10.7 Å². The Bertz CT molecular complexity index is 383. The van der Waals surface area contributed by atoms with Gasteiger partial charge in [-0.25, -0.2) is 0 Å². The molecular weight excluding hydrogens is 174 g/mol. The molecule has 6 nitrogen and oxygen atoms in total. The van der Waals surface area contributed by atoms with E-state index >= 15 is 0 Å². The van der Waals surface area contributed by atoms with Gasteiger partial charge in [0.05, 0.1) is 11.1 Å². The van der Waals surface area contributed by atoms with Crippen LogP contribution in [-0.4, -0.2) is 9.91 Å². The molecule has 70 valence electrons. The zero-order valence-electron chi connectivity index (χ0n) is 6.98. The van der Waals surface area contributed by atoms with Gasteiger partial charge in [0.1, 0.15) is 0 Å². The molecule has 13 heavy (non-hydrogen) atoms. The quantitative estimate of drug-likeness (QED) is 0.508. The Balaban J connectivity index is 3.27. The SMILES string of the molecule is CC(N)c1cc([N+](=O)[O-])c[nH]c1=O. The Morgan fingerprint density at radius 3 is 2.77 bits per heavy atom. The van der Waals surface area contributed by atoms with Crippen molar-refractivity contribution in [1.82, 2.24) is 4.98 Å². The maximum atomic E-state index is 11.1. The lowest BCUT2D eigenvalue weighted by Crippen LogP contribution is -2.19. The summed E-state index contributed by atoms with van der Waals surface area (Å²) in [5, 5.41) is 10.3. The van der Waals surface area contributed by atoms with E-state index in [1.807, 2.05) is 0 Å². The predicted molar refractivity (Wildman–Crippen MR) is 46.3 cm³/mol. The maximum absolute atomic E-state index is 11.1. The number of rotatable bonds is 2. The van der Waals surface area contributed by atoms with E-state index in [9.17, 15) is 14.9 Å². The van der Waals surface area contributed by atoms with Crippen LogP contribution >= 0.6 is 0 Å². The molecule has 0 aliphatic heterocycles. The fourth-order valence-corrected chi connectivity index (χ4v) is 0.933. The first-order valence-electron chi connectivity index (χ1n) is 3.65. The summed E-state index contributed by atoms with van der Waals surface area (Å²) in [4.78, 5) is 23.1. The van der Waals surface area contributed by atoms with Gasteiger partial charge >= 0.3 is 0 Å². The van der Waals surface area contributed by atoms with Crippen LogP contribution in [0.25, 0.3) is 0 Å². The fourth-order valence-electron chi connectivity index (χ4n) is 0.933. The lowest BCUT2D eigenvalue weighted by atomic mass is 10.1. The number of hydrogen-bond acceptors (Lipinski definition) is 4. The molecule has 3 N–H and O–H groups in total. The minimum atomic E-state index is -0.582. The first-order chi connectivity index (χ1) is 6.02. The second-order valence-corrected chi connectivity index (χ2v) is 2.69. The van der Waals surface area contributed by atoms with Gasteiger partial charge in [-0.15, -0.1) is 0 Å². The van der Waals surface area contributed by atoms with Gasteiger partial charge in [-0.2, -0.15) is 0 Å². The third-order valence-corrected chi connectivity index (χ3v) is 1.62. The number of aromatic amines is 1. The summed E-state index contributed by atoms with van der Waals surface area (Å²) in [6.45, 7) is 1.59. The normalized spacial score (nSPS) is 12.5. The number of hydrogen-bond donors (Lipinski definition) is 2. The number of H-pyrrole nitrogens is 1. The molecule has 0 bridgehead atoms. The van der Waals surface area contributed by atoms with Gasteiger partial charge in [0.15, 0.2) is 0 Å². The van der Waals surface area contributed by atoms with Crippen molar-refractivity contribution in [2.75, 3.05) is 0 Å². The predicted octanol–water partition coefficient (Wildman–Crippen LogP) is 0.303. The summed E-state index contributed by atoms with van der Waals surface area (Å²) in [6, 6.07) is 0.674. The summed E-state index contributed by atoms with van der Waals surface area (Å²) < 4.78 is 0. The molecule has 6 heteroatoms. The number of nitrogens with zero attached hydrogens (tertiary/aromatic N) is 1. The summed E-state index contributed by atoms with van der Waals surface area (Å²) in [6.07, 6.45) is 1.05. The van der Waals surface area contributed by atoms with Crippen LogP contribution in [-0.2, 0) is 0 Å². The van der Waals surface area contributed by atoms with Crippen molar-refractivity contribution in [3.63, 3.8) is 0 Å². The molecule has 1 aromatic rings. The average molecular weight is 183 g/mol. The molecule has 0 fully saturated rings. The first kappa shape index (κ1) is 9.40. The summed E-state index contributed by atoms with van der Waals surface area (Å²) in [5.74, 6) is 0. The number of pyridine rings is 1. The minimum absolute atomic E-state index is 0.160. The average Bonchev–Trinajstić information content (AvgIpc) is 2.04. The number of nitrogens with two attached hydrogens (primary N) is 1. The highest BCUT2D eigenvalue weighted by Crippen LogP contribution is 2.11. The van der Waals surface area contributed by atoms with E-state index in [2.05, 4.69) is 4.98 Å². The molecule has 0 radical (unpaired) electrons. The second kappa shape index (κ2) is 3.36. The van der Waals surface area contributed by atoms with Gasteiger partial charge in [0.25, 0.3) is 11.2 Å². The van der Waals surface area contributed by atoms with Crippen molar-refractivity contribution in [2.24, 2.45) is 5.73 Å². The Hall–Kier alpha value is -1.69. The standard InChI is InChI=1S/C7H9N3O3/c1-4(8)6-2-5(10(12)13)3-9-7(6)11/h2-4H,8H2,1H3,(H,9,11). The fraction of sp³-hybridized carbons (Fsp3) is 0.286. The molecule has 0 saturated heterocycles. The molecule has 0 aliphatic rings. The summed E-state index contributed by atoms with van der Waals surface area (Å²) >= 11 is 0. The molecule has 0 amide bonds. The van der Waals surface area contributed by atoms with Gasteiger partial charge in [0, 0.05) is 17.7 Å². The zero-order chi connectivity index (χ0) is 10.0. The molecule has 1 heterocycles. The molecule has 1 atom stereocenters. The van der Waals surface area contributed by atoms with E-state index in [4.69, 9.17) is 5.73 Å². The van der Waals surface area contributed by atoms with Crippen molar-refractivity contribution < 1.29 is 4.92 Å². The van der Waals surface area contributed by atoms with Crippen LogP contribution in [0.1, 0.15) is 18.5 Å². The molecule has 0 spiro atoms. The van der Waals surface area contributed by atoms with Crippen molar-refractivity contribution in [2.45, 2.75) is 13.0 Å². The van der Waals surface area contributed by atoms with E-state index in [0.29, 0.717) is 0 Å². The minimum Gasteiger partial charge on any atom is -0.324 e. The number of aromatic nitrogens is 1. The molecule has 1 aromatic heterocycles. The highest BCUT2D eigenvalue weighted by atomic mass is 16.6. The van der Waals surface area contributed by atoms with Gasteiger partial charge in [0.2, 0.25) is 0 Å². The highest BCUT2D eigenvalue weighted by molar-refractivity contribution is 5.31. The molecule has 0 saturated carbocycles. The Morgan fingerprint density at radius 1 is 1.69 bits per heavy atom. The molecular formula is C7H9N3O3. The van der Waals surface area contributed by atoms with Crippen molar-refractivity contribution in [3.05, 3.63) is 38.3 Å². The van der Waals surface area contributed by atoms with Gasteiger partial charge in [-0.1, -0.05) is 0 Å². The topological polar surface area (TPSA) is 102 Å². The highest BCUT2D eigenvalue weighted by Gasteiger charge is 2.11. The van der Waals surface area contributed by atoms with E-state index in [1.54, 1.807) is 6.92 Å².